The van der Waals surface area contributed by atoms with Gasteiger partial charge in [0.2, 0.25) is 17.6 Å². The van der Waals surface area contributed by atoms with E-state index in [0.29, 0.717) is 52.2 Å². The first-order valence-electron chi connectivity index (χ1n) is 22.3. The number of nitrogens with zero attached hydrogens (tertiary/aromatic N) is 4. The maximum Gasteiger partial charge on any atom is 0.408 e. The van der Waals surface area contributed by atoms with E-state index < -0.39 is 65.5 Å². The minimum Gasteiger partial charge on any atom is -0.497 e. The number of alkyl carbamates (subject to hydrolysis) is 1. The summed E-state index contributed by atoms with van der Waals surface area (Å²) in [5, 5.41) is 22.6. The van der Waals surface area contributed by atoms with Crippen LogP contribution in [-0.2, 0) is 19.1 Å². The number of carbonyl (C=O) groups is 5. The van der Waals surface area contributed by atoms with E-state index in [1.165, 1.54) is 16.2 Å². The Balaban J connectivity index is 1.19. The highest BCUT2D eigenvalue weighted by Gasteiger charge is 2.61. The second kappa shape index (κ2) is 19.9. The number of benzene rings is 2. The van der Waals surface area contributed by atoms with Gasteiger partial charge in [-0.25, -0.2) is 19.6 Å². The van der Waals surface area contributed by atoms with Crippen molar-refractivity contribution in [2.75, 3.05) is 38.0 Å². The summed E-state index contributed by atoms with van der Waals surface area (Å²) in [6.07, 6.45) is 4.17. The molecule has 16 nitrogen and oxygen atoms in total. The van der Waals surface area contributed by atoms with Crippen LogP contribution < -0.4 is 30.3 Å². The number of ketones is 1. The normalized spacial score (nSPS) is 23.3. The van der Waals surface area contributed by atoms with Gasteiger partial charge in [-0.3, -0.25) is 14.4 Å². The Morgan fingerprint density at radius 1 is 1.00 bits per heavy atom. The second-order valence-electron chi connectivity index (χ2n) is 17.9. The van der Waals surface area contributed by atoms with E-state index in [-0.39, 0.29) is 37.6 Å². The number of thiazole rings is 1. The van der Waals surface area contributed by atoms with Crippen LogP contribution in [0.15, 0.2) is 66.1 Å². The molecule has 4 aromatic rings. The highest BCUT2D eigenvalue weighted by molar-refractivity contribution is 7.14. The number of fused-ring (bicyclic) bond motifs is 3. The molecule has 4 heterocycles. The van der Waals surface area contributed by atoms with Crippen molar-refractivity contribution in [2.24, 2.45) is 11.8 Å². The summed E-state index contributed by atoms with van der Waals surface area (Å²) in [5.74, 6) is -2.49. The average molecular weight is 910 g/mol. The number of carboxylic acid groups (broad SMARTS) is 1. The summed E-state index contributed by atoms with van der Waals surface area (Å²) in [6.45, 7) is 7.55. The Labute approximate surface area is 383 Å². The molecular weight excluding hydrogens is 851 g/mol. The standard InChI is InChI=1S/C48H59N7O9S/c1-27(2)42(41(56)29-15-17-31(18-16-29)54(5)6)64-47(61)52-35-14-12-10-8-9-11-13-30-24-48(30,45(59)60)53-43(57)39-22-33(25-55(39)44(35)58)63-40-23-37(38-26-65-46(51-38)49-28(3)4)50-36-21-32(62-7)19-20-34(36)40/h11,13,15-21,23,26-28,30,33,35,39,42H,8-10,12,14,22,24-25H2,1-7H3,(H,49,51)(H,52,61)(H,53,57)(H,59,60)/b13-11-/t30?,33-,35+,39+,42+,48-/m1/s1. The zero-order chi connectivity index (χ0) is 46.6. The molecule has 6 atom stereocenters. The summed E-state index contributed by atoms with van der Waals surface area (Å²) >= 11 is 1.45. The fraction of sp³-hybridized carbons (Fsp3) is 0.479. The molecule has 0 radical (unpaired) electrons. The van der Waals surface area contributed by atoms with Gasteiger partial charge in [0.25, 0.3) is 0 Å². The monoisotopic (exact) mass is 909 g/mol. The van der Waals surface area contributed by atoms with Crippen LogP contribution in [0, 0.1) is 11.8 Å². The zero-order valence-corrected chi connectivity index (χ0v) is 38.8. The summed E-state index contributed by atoms with van der Waals surface area (Å²) < 4.78 is 18.1. The molecule has 4 N–H and O–H groups in total. The third-order valence-corrected chi connectivity index (χ3v) is 12.9. The van der Waals surface area contributed by atoms with E-state index in [0.717, 1.165) is 23.7 Å². The van der Waals surface area contributed by atoms with Gasteiger partial charge < -0.3 is 45.1 Å². The largest absolute Gasteiger partial charge is 0.497 e. The SMILES string of the molecule is COc1ccc2c(O[C@@H]3C[C@H]4C(=O)N[C@]5(C(=O)O)CC5/C=C\CCCCC[C@H](NC(=O)O[C@H](C(=O)c5ccc(N(C)C)cc5)C(C)C)C(=O)N4C3)cc(-c3csc(NC(C)C)n3)nc2c1. The fourth-order valence-electron chi connectivity index (χ4n) is 8.44. The van der Waals surface area contributed by atoms with Crippen molar-refractivity contribution in [1.29, 1.82) is 0 Å². The van der Waals surface area contributed by atoms with Crippen LogP contribution >= 0.6 is 11.3 Å². The number of Topliss-reactive ketones (excluding diaryl/α,β-unsaturated/α-hetero) is 1. The molecule has 2 aromatic heterocycles. The number of amides is 3. The smallest absolute Gasteiger partial charge is 0.408 e. The predicted molar refractivity (Wildman–Crippen MR) is 249 cm³/mol. The highest BCUT2D eigenvalue weighted by atomic mass is 32.1. The van der Waals surface area contributed by atoms with Crippen molar-refractivity contribution in [3.8, 4) is 22.9 Å². The lowest BCUT2D eigenvalue weighted by atomic mass is 9.97. The van der Waals surface area contributed by atoms with Gasteiger partial charge in [-0.05, 0) is 81.8 Å². The number of aliphatic carboxylic acids is 1. The molecule has 0 bridgehead atoms. The molecule has 0 spiro atoms. The Bertz CT molecular complexity index is 2440. The number of aromatic nitrogens is 2. The molecule has 3 amide bonds. The first-order valence-corrected chi connectivity index (χ1v) is 23.1. The fourth-order valence-corrected chi connectivity index (χ4v) is 9.29. The van der Waals surface area contributed by atoms with Crippen molar-refractivity contribution in [1.82, 2.24) is 25.5 Å². The van der Waals surface area contributed by atoms with Gasteiger partial charge >= 0.3 is 12.1 Å². The molecule has 2 aliphatic heterocycles. The molecule has 1 aliphatic carbocycles. The number of anilines is 2. The first kappa shape index (κ1) is 46.8. The summed E-state index contributed by atoms with van der Waals surface area (Å²) in [7, 11) is 5.36. The Kier molecular flexibility index (Phi) is 14.3. The van der Waals surface area contributed by atoms with Crippen LogP contribution in [0.2, 0.25) is 0 Å². The van der Waals surface area contributed by atoms with Gasteiger partial charge in [-0.2, -0.15) is 0 Å². The molecule has 17 heteroatoms. The maximum atomic E-state index is 14.9. The van der Waals surface area contributed by atoms with Gasteiger partial charge in [-0.15, -0.1) is 11.3 Å². The van der Waals surface area contributed by atoms with E-state index >= 15 is 0 Å². The molecule has 1 saturated heterocycles. The third kappa shape index (κ3) is 10.7. The highest BCUT2D eigenvalue weighted by Crippen LogP contribution is 2.45. The number of carboxylic acids is 1. The van der Waals surface area contributed by atoms with Crippen molar-refractivity contribution in [3.05, 3.63) is 71.6 Å². The summed E-state index contributed by atoms with van der Waals surface area (Å²) in [5.41, 5.74) is 1.51. The summed E-state index contributed by atoms with van der Waals surface area (Å²) in [4.78, 5) is 82.5. The third-order valence-electron chi connectivity index (χ3n) is 12.1. The molecule has 1 saturated carbocycles. The minimum absolute atomic E-state index is 0.0238. The molecular formula is C48H59N7O9S. The van der Waals surface area contributed by atoms with Crippen LogP contribution in [0.3, 0.4) is 0 Å². The van der Waals surface area contributed by atoms with Crippen molar-refractivity contribution < 1.29 is 43.3 Å². The Hall–Kier alpha value is -6.23. The quantitative estimate of drug-likeness (QED) is 0.0784. The lowest BCUT2D eigenvalue weighted by Gasteiger charge is -2.30. The maximum absolute atomic E-state index is 14.9. The Morgan fingerprint density at radius 2 is 1.77 bits per heavy atom. The van der Waals surface area contributed by atoms with E-state index in [1.807, 2.05) is 68.6 Å². The van der Waals surface area contributed by atoms with Crippen LogP contribution in [0.1, 0.15) is 83.0 Å². The number of allylic oxidation sites excluding steroid dienone is 1. The van der Waals surface area contributed by atoms with Gasteiger partial charge in [-0.1, -0.05) is 38.8 Å². The predicted octanol–water partition coefficient (Wildman–Crippen LogP) is 7.08. The Morgan fingerprint density at radius 3 is 2.46 bits per heavy atom. The first-order chi connectivity index (χ1) is 31.1. The number of hydrogen-bond donors (Lipinski definition) is 4. The number of rotatable bonds is 13. The van der Waals surface area contributed by atoms with Crippen molar-refractivity contribution in [2.45, 2.75) is 109 Å². The van der Waals surface area contributed by atoms with Crippen LogP contribution in [0.5, 0.6) is 11.5 Å². The van der Waals surface area contributed by atoms with Crippen molar-refractivity contribution >= 4 is 62.7 Å². The number of carbonyl (C=O) groups excluding carboxylic acids is 4. The lowest BCUT2D eigenvalue weighted by Crippen LogP contribution is -2.56. The lowest BCUT2D eigenvalue weighted by molar-refractivity contribution is -0.145. The molecule has 1 unspecified atom stereocenters. The van der Waals surface area contributed by atoms with Gasteiger partial charge in [0.05, 0.1) is 24.9 Å². The minimum atomic E-state index is -1.51. The van der Waals surface area contributed by atoms with Crippen molar-refractivity contribution in [3.63, 3.8) is 0 Å². The van der Waals surface area contributed by atoms with E-state index in [2.05, 4.69) is 16.0 Å². The molecule has 7 rings (SSSR count). The second-order valence-corrected chi connectivity index (χ2v) is 18.8. The topological polar surface area (TPSA) is 202 Å². The summed E-state index contributed by atoms with van der Waals surface area (Å²) in [6, 6.07) is 12.1. The zero-order valence-electron chi connectivity index (χ0n) is 38.0. The molecule has 65 heavy (non-hydrogen) atoms. The molecule has 2 fully saturated rings. The van der Waals surface area contributed by atoms with Gasteiger partial charge in [0.1, 0.15) is 40.9 Å². The number of ether oxygens (including phenoxy) is 3. The van der Waals surface area contributed by atoms with Crippen LogP contribution in [-0.4, -0.2) is 113 Å². The van der Waals surface area contributed by atoms with Crippen LogP contribution in [0.25, 0.3) is 22.3 Å². The van der Waals surface area contributed by atoms with Gasteiger partial charge in [0, 0.05) is 66.6 Å². The molecule has 3 aliphatic rings. The number of hydrogen-bond acceptors (Lipinski definition) is 13. The average Bonchev–Trinajstić information content (AvgIpc) is 3.53. The van der Waals surface area contributed by atoms with Gasteiger partial charge in [0.15, 0.2) is 11.2 Å². The molecule has 346 valence electrons. The van der Waals surface area contributed by atoms with E-state index in [1.54, 1.807) is 51.3 Å². The van der Waals surface area contributed by atoms with Crippen LogP contribution in [0.4, 0.5) is 15.6 Å². The van der Waals surface area contributed by atoms with E-state index in [4.69, 9.17) is 24.2 Å². The number of methoxy groups -OCH3 is 1. The molecule has 2 aromatic carbocycles. The van der Waals surface area contributed by atoms with E-state index in [9.17, 15) is 29.1 Å². The number of pyridine rings is 1. The number of nitrogens with one attached hydrogen (secondary N) is 3.